The normalized spacial score (nSPS) is 11.6. The Kier molecular flexibility index (Phi) is 10.1. The minimum Gasteiger partial charge on any atom is -0.494 e. The van der Waals surface area contributed by atoms with Crippen LogP contribution in [0, 0.1) is 13.8 Å². The van der Waals surface area contributed by atoms with Crippen LogP contribution in [0.1, 0.15) is 56.2 Å². The molecule has 0 heterocycles. The van der Waals surface area contributed by atoms with Crippen molar-refractivity contribution in [3.63, 3.8) is 0 Å². The number of benzene rings is 2. The molecule has 168 valence electrons. The van der Waals surface area contributed by atoms with Gasteiger partial charge in [-0.2, -0.15) is 0 Å². The SMILES string of the molecule is CCCNC(=O)[C@H](CC)N(Cc1ccc(C)cc1)C(=O)CCCOc1ccc(C)cc1. The number of hydrogen-bond donors (Lipinski definition) is 1. The molecule has 0 aliphatic heterocycles. The topological polar surface area (TPSA) is 58.6 Å². The van der Waals surface area contributed by atoms with Crippen LogP contribution in [0.25, 0.3) is 0 Å². The smallest absolute Gasteiger partial charge is 0.242 e. The van der Waals surface area contributed by atoms with Gasteiger partial charge in [0.2, 0.25) is 11.8 Å². The maximum Gasteiger partial charge on any atom is 0.242 e. The third kappa shape index (κ3) is 8.08. The van der Waals surface area contributed by atoms with E-state index in [0.717, 1.165) is 17.7 Å². The van der Waals surface area contributed by atoms with E-state index < -0.39 is 6.04 Å². The second-order valence-electron chi connectivity index (χ2n) is 7.99. The number of nitrogens with one attached hydrogen (secondary N) is 1. The van der Waals surface area contributed by atoms with Gasteiger partial charge in [-0.3, -0.25) is 9.59 Å². The average molecular weight is 425 g/mol. The second kappa shape index (κ2) is 12.8. The summed E-state index contributed by atoms with van der Waals surface area (Å²) in [5, 5.41) is 2.95. The second-order valence-corrected chi connectivity index (χ2v) is 7.99. The summed E-state index contributed by atoms with van der Waals surface area (Å²) in [5.74, 6) is 0.701. The molecule has 2 amide bonds. The van der Waals surface area contributed by atoms with Crippen molar-refractivity contribution < 1.29 is 14.3 Å². The predicted octanol–water partition coefficient (Wildman–Crippen LogP) is 4.80. The van der Waals surface area contributed by atoms with Crippen LogP contribution in [0.15, 0.2) is 48.5 Å². The van der Waals surface area contributed by atoms with E-state index in [4.69, 9.17) is 4.74 Å². The van der Waals surface area contributed by atoms with E-state index in [1.807, 2.05) is 76.2 Å². The van der Waals surface area contributed by atoms with E-state index >= 15 is 0 Å². The van der Waals surface area contributed by atoms with Gasteiger partial charge >= 0.3 is 0 Å². The van der Waals surface area contributed by atoms with Crippen molar-refractivity contribution in [2.75, 3.05) is 13.2 Å². The largest absolute Gasteiger partial charge is 0.494 e. The van der Waals surface area contributed by atoms with Gasteiger partial charge in [0.15, 0.2) is 0 Å². The zero-order valence-corrected chi connectivity index (χ0v) is 19.3. The predicted molar refractivity (Wildman–Crippen MR) is 125 cm³/mol. The van der Waals surface area contributed by atoms with Crippen LogP contribution in [0.2, 0.25) is 0 Å². The summed E-state index contributed by atoms with van der Waals surface area (Å²) in [6.07, 6.45) is 2.39. The Morgan fingerprint density at radius 1 is 0.968 bits per heavy atom. The number of amides is 2. The quantitative estimate of drug-likeness (QED) is 0.498. The van der Waals surface area contributed by atoms with Crippen LogP contribution in [0.3, 0.4) is 0 Å². The van der Waals surface area contributed by atoms with Crippen LogP contribution in [-0.4, -0.2) is 35.9 Å². The molecule has 0 radical (unpaired) electrons. The summed E-state index contributed by atoms with van der Waals surface area (Å²) >= 11 is 0. The lowest BCUT2D eigenvalue weighted by Gasteiger charge is -2.30. The number of hydrogen-bond acceptors (Lipinski definition) is 3. The Morgan fingerprint density at radius 2 is 1.58 bits per heavy atom. The van der Waals surface area contributed by atoms with Crippen molar-refractivity contribution in [3.05, 3.63) is 65.2 Å². The van der Waals surface area contributed by atoms with Gasteiger partial charge in [0, 0.05) is 19.5 Å². The van der Waals surface area contributed by atoms with Crippen LogP contribution in [0.4, 0.5) is 0 Å². The highest BCUT2D eigenvalue weighted by molar-refractivity contribution is 5.87. The molecule has 0 aromatic heterocycles. The van der Waals surface area contributed by atoms with Crippen molar-refractivity contribution in [3.8, 4) is 5.75 Å². The lowest BCUT2D eigenvalue weighted by molar-refractivity contribution is -0.141. The molecule has 0 saturated heterocycles. The first-order valence-electron chi connectivity index (χ1n) is 11.3. The molecule has 1 atom stereocenters. The summed E-state index contributed by atoms with van der Waals surface area (Å²) in [6, 6.07) is 15.5. The number of ether oxygens (including phenoxy) is 1. The maximum absolute atomic E-state index is 13.1. The molecule has 5 heteroatoms. The molecule has 0 aliphatic rings. The van der Waals surface area contributed by atoms with Crippen molar-refractivity contribution in [2.24, 2.45) is 0 Å². The molecule has 0 aliphatic carbocycles. The molecular formula is C26H36N2O3. The number of rotatable bonds is 12. The molecule has 0 spiro atoms. The van der Waals surface area contributed by atoms with Crippen molar-refractivity contribution in [1.29, 1.82) is 0 Å². The van der Waals surface area contributed by atoms with E-state index in [1.165, 1.54) is 11.1 Å². The first-order chi connectivity index (χ1) is 14.9. The van der Waals surface area contributed by atoms with Crippen LogP contribution >= 0.6 is 0 Å². The minimum atomic E-state index is -0.474. The summed E-state index contributed by atoms with van der Waals surface area (Å²) in [7, 11) is 0. The lowest BCUT2D eigenvalue weighted by Crippen LogP contribution is -2.49. The van der Waals surface area contributed by atoms with Gasteiger partial charge in [0.05, 0.1) is 6.61 Å². The molecule has 0 unspecified atom stereocenters. The summed E-state index contributed by atoms with van der Waals surface area (Å²) in [4.78, 5) is 27.6. The Labute approximate surface area is 186 Å². The Balaban J connectivity index is 2.02. The van der Waals surface area contributed by atoms with Crippen molar-refractivity contribution in [2.45, 2.75) is 66.0 Å². The van der Waals surface area contributed by atoms with E-state index in [2.05, 4.69) is 5.32 Å². The van der Waals surface area contributed by atoms with E-state index in [1.54, 1.807) is 4.90 Å². The zero-order chi connectivity index (χ0) is 22.6. The molecule has 1 N–H and O–H groups in total. The number of aryl methyl sites for hydroxylation is 2. The summed E-state index contributed by atoms with van der Waals surface area (Å²) < 4.78 is 5.76. The molecular weight excluding hydrogens is 388 g/mol. The van der Waals surface area contributed by atoms with E-state index in [9.17, 15) is 9.59 Å². The van der Waals surface area contributed by atoms with Gasteiger partial charge in [-0.1, -0.05) is 61.4 Å². The van der Waals surface area contributed by atoms with E-state index in [0.29, 0.717) is 39.0 Å². The third-order valence-corrected chi connectivity index (χ3v) is 5.23. The molecule has 0 fully saturated rings. The van der Waals surface area contributed by atoms with Gasteiger partial charge in [0.1, 0.15) is 11.8 Å². The highest BCUT2D eigenvalue weighted by atomic mass is 16.5. The minimum absolute atomic E-state index is 0.0217. The number of carbonyl (C=O) groups excluding carboxylic acids is 2. The summed E-state index contributed by atoms with van der Waals surface area (Å²) in [5.41, 5.74) is 3.38. The lowest BCUT2D eigenvalue weighted by atomic mass is 10.1. The van der Waals surface area contributed by atoms with Gasteiger partial charge in [-0.05, 0) is 50.8 Å². The van der Waals surface area contributed by atoms with Crippen LogP contribution < -0.4 is 10.1 Å². The molecule has 0 bridgehead atoms. The standard InChI is InChI=1S/C26H36N2O3/c1-5-17-27-26(30)24(6-2)28(19-22-13-9-20(3)10-14-22)25(29)8-7-18-31-23-15-11-21(4)12-16-23/h9-16,24H,5-8,17-19H2,1-4H3,(H,27,30)/t24-/m0/s1. The Bertz CT molecular complexity index is 816. The maximum atomic E-state index is 13.1. The monoisotopic (exact) mass is 424 g/mol. The third-order valence-electron chi connectivity index (χ3n) is 5.23. The molecule has 2 rings (SSSR count). The number of carbonyl (C=O) groups is 2. The highest BCUT2D eigenvalue weighted by Gasteiger charge is 2.28. The first-order valence-corrected chi connectivity index (χ1v) is 11.3. The molecule has 2 aromatic rings. The van der Waals surface area contributed by atoms with Crippen molar-refractivity contribution in [1.82, 2.24) is 10.2 Å². The van der Waals surface area contributed by atoms with Gasteiger partial charge < -0.3 is 15.0 Å². The Morgan fingerprint density at radius 3 is 2.16 bits per heavy atom. The average Bonchev–Trinajstić information content (AvgIpc) is 2.77. The fourth-order valence-electron chi connectivity index (χ4n) is 3.37. The van der Waals surface area contributed by atoms with Gasteiger partial charge in [-0.15, -0.1) is 0 Å². The Hall–Kier alpha value is -2.82. The van der Waals surface area contributed by atoms with E-state index in [-0.39, 0.29) is 11.8 Å². The fraction of sp³-hybridized carbons (Fsp3) is 0.462. The summed E-state index contributed by atoms with van der Waals surface area (Å²) in [6.45, 7) is 9.55. The van der Waals surface area contributed by atoms with Gasteiger partial charge in [-0.25, -0.2) is 0 Å². The van der Waals surface area contributed by atoms with Crippen molar-refractivity contribution >= 4 is 11.8 Å². The first kappa shape index (κ1) is 24.4. The number of nitrogens with zero attached hydrogens (tertiary/aromatic N) is 1. The zero-order valence-electron chi connectivity index (χ0n) is 19.3. The molecule has 31 heavy (non-hydrogen) atoms. The molecule has 2 aromatic carbocycles. The molecule has 5 nitrogen and oxygen atoms in total. The molecule has 0 saturated carbocycles. The van der Waals surface area contributed by atoms with Crippen LogP contribution in [-0.2, 0) is 16.1 Å². The highest BCUT2D eigenvalue weighted by Crippen LogP contribution is 2.16. The van der Waals surface area contributed by atoms with Gasteiger partial charge in [0.25, 0.3) is 0 Å². The van der Waals surface area contributed by atoms with Crippen LogP contribution in [0.5, 0.6) is 5.75 Å². The fourth-order valence-corrected chi connectivity index (χ4v) is 3.37.